The number of methoxy groups -OCH3 is 1. The molecular formula is C15H30N2OS. The van der Waals surface area contributed by atoms with Crippen molar-refractivity contribution in [2.24, 2.45) is 11.3 Å². The van der Waals surface area contributed by atoms with E-state index in [-0.39, 0.29) is 0 Å². The summed E-state index contributed by atoms with van der Waals surface area (Å²) < 4.78 is 5.00. The fourth-order valence-corrected chi connectivity index (χ4v) is 3.08. The molecule has 0 bridgehead atoms. The highest BCUT2D eigenvalue weighted by Crippen LogP contribution is 2.40. The van der Waals surface area contributed by atoms with E-state index in [9.17, 15) is 0 Å². The van der Waals surface area contributed by atoms with Gasteiger partial charge in [0.05, 0.1) is 6.61 Å². The number of hydrogen-bond donors (Lipinski definition) is 2. The van der Waals surface area contributed by atoms with Crippen LogP contribution in [0.15, 0.2) is 0 Å². The Kier molecular flexibility index (Phi) is 7.08. The summed E-state index contributed by atoms with van der Waals surface area (Å²) in [7, 11) is 1.70. The Bertz CT molecular complexity index is 273. The van der Waals surface area contributed by atoms with Crippen molar-refractivity contribution in [3.05, 3.63) is 0 Å². The van der Waals surface area contributed by atoms with Crippen molar-refractivity contribution in [2.45, 2.75) is 58.9 Å². The normalized spacial score (nSPS) is 24.0. The van der Waals surface area contributed by atoms with E-state index in [0.29, 0.717) is 18.1 Å². The van der Waals surface area contributed by atoms with Gasteiger partial charge in [0.1, 0.15) is 0 Å². The maximum atomic E-state index is 5.30. The van der Waals surface area contributed by atoms with Crippen molar-refractivity contribution in [1.29, 1.82) is 0 Å². The van der Waals surface area contributed by atoms with Crippen LogP contribution in [0.3, 0.4) is 0 Å². The van der Waals surface area contributed by atoms with Gasteiger partial charge in [0, 0.05) is 19.7 Å². The quantitative estimate of drug-likeness (QED) is 0.581. The summed E-state index contributed by atoms with van der Waals surface area (Å²) in [5, 5.41) is 7.38. The molecule has 0 aromatic heterocycles. The molecule has 0 amide bonds. The van der Waals surface area contributed by atoms with Gasteiger partial charge in [-0.3, -0.25) is 0 Å². The van der Waals surface area contributed by atoms with E-state index in [4.69, 9.17) is 17.0 Å². The molecule has 0 aromatic rings. The first kappa shape index (κ1) is 16.7. The molecular weight excluding hydrogens is 256 g/mol. The molecule has 0 aromatic carbocycles. The Morgan fingerprint density at radius 1 is 1.26 bits per heavy atom. The zero-order chi connectivity index (χ0) is 14.3. The summed E-state index contributed by atoms with van der Waals surface area (Å²) in [4.78, 5) is 0. The molecule has 1 rings (SSSR count). The molecule has 1 aliphatic carbocycles. The maximum absolute atomic E-state index is 5.30. The average Bonchev–Trinajstić information content (AvgIpc) is 2.39. The Hall–Kier alpha value is -0.350. The molecule has 0 radical (unpaired) electrons. The zero-order valence-corrected chi connectivity index (χ0v) is 13.7. The van der Waals surface area contributed by atoms with Gasteiger partial charge in [0.15, 0.2) is 5.11 Å². The minimum atomic E-state index is 0.488. The molecule has 4 heteroatoms. The van der Waals surface area contributed by atoms with Crippen LogP contribution in [0.5, 0.6) is 0 Å². The van der Waals surface area contributed by atoms with Crippen molar-refractivity contribution in [1.82, 2.24) is 10.6 Å². The molecule has 0 aliphatic heterocycles. The number of rotatable bonds is 6. The molecule has 112 valence electrons. The van der Waals surface area contributed by atoms with Gasteiger partial charge in [-0.2, -0.15) is 0 Å². The number of nitrogens with one attached hydrogen (secondary N) is 2. The monoisotopic (exact) mass is 286 g/mol. The van der Waals surface area contributed by atoms with Crippen molar-refractivity contribution in [3.8, 4) is 0 Å². The first-order valence-corrected chi connectivity index (χ1v) is 7.93. The van der Waals surface area contributed by atoms with Crippen LogP contribution in [0.25, 0.3) is 0 Å². The van der Waals surface area contributed by atoms with E-state index in [1.54, 1.807) is 7.11 Å². The lowest BCUT2D eigenvalue weighted by molar-refractivity contribution is 0.141. The highest BCUT2D eigenvalue weighted by molar-refractivity contribution is 7.80. The predicted molar refractivity (Wildman–Crippen MR) is 85.4 cm³/mol. The van der Waals surface area contributed by atoms with Crippen LogP contribution in [-0.4, -0.2) is 31.4 Å². The fourth-order valence-electron chi connectivity index (χ4n) is 2.81. The summed E-state index contributed by atoms with van der Waals surface area (Å²) in [6.07, 6.45) is 6.38. The van der Waals surface area contributed by atoms with Gasteiger partial charge in [-0.25, -0.2) is 0 Å². The topological polar surface area (TPSA) is 33.3 Å². The van der Waals surface area contributed by atoms with E-state index in [1.807, 2.05) is 0 Å². The van der Waals surface area contributed by atoms with E-state index in [1.165, 1.54) is 32.1 Å². The van der Waals surface area contributed by atoms with Gasteiger partial charge in [0.2, 0.25) is 0 Å². The maximum Gasteiger partial charge on any atom is 0.166 e. The first-order chi connectivity index (χ1) is 8.99. The molecule has 19 heavy (non-hydrogen) atoms. The Balaban J connectivity index is 2.25. The van der Waals surface area contributed by atoms with E-state index in [0.717, 1.165) is 17.6 Å². The lowest BCUT2D eigenvalue weighted by atomic mass is 9.69. The second-order valence-corrected chi connectivity index (χ2v) is 6.69. The molecule has 1 aliphatic rings. The fraction of sp³-hybridized carbons (Fsp3) is 0.933. The minimum Gasteiger partial charge on any atom is -0.383 e. The summed E-state index contributed by atoms with van der Waals surface area (Å²) in [6.45, 7) is 8.59. The number of hydrogen-bond acceptors (Lipinski definition) is 2. The van der Waals surface area contributed by atoms with Crippen LogP contribution in [0.2, 0.25) is 0 Å². The van der Waals surface area contributed by atoms with E-state index < -0.39 is 0 Å². The van der Waals surface area contributed by atoms with Crippen LogP contribution in [-0.2, 0) is 4.74 Å². The molecule has 1 fully saturated rings. The van der Waals surface area contributed by atoms with E-state index in [2.05, 4.69) is 31.4 Å². The third-order valence-electron chi connectivity index (χ3n) is 4.67. The van der Waals surface area contributed by atoms with Gasteiger partial charge in [0.25, 0.3) is 0 Å². The lowest BCUT2D eigenvalue weighted by Crippen LogP contribution is -2.45. The van der Waals surface area contributed by atoms with Crippen LogP contribution < -0.4 is 10.6 Å². The minimum absolute atomic E-state index is 0.488. The van der Waals surface area contributed by atoms with Crippen LogP contribution in [0.4, 0.5) is 0 Å². The van der Waals surface area contributed by atoms with Crippen molar-refractivity contribution in [2.75, 3.05) is 20.3 Å². The van der Waals surface area contributed by atoms with E-state index >= 15 is 0 Å². The lowest BCUT2D eigenvalue weighted by Gasteiger charge is -2.39. The first-order valence-electron chi connectivity index (χ1n) is 7.53. The van der Waals surface area contributed by atoms with Gasteiger partial charge in [-0.05, 0) is 49.2 Å². The molecule has 1 saturated carbocycles. The third kappa shape index (κ3) is 5.65. The van der Waals surface area contributed by atoms with Gasteiger partial charge in [-0.15, -0.1) is 0 Å². The molecule has 0 atom stereocenters. The average molecular weight is 286 g/mol. The molecule has 0 spiro atoms. The molecule has 0 heterocycles. The second kappa shape index (κ2) is 8.05. The highest BCUT2D eigenvalue weighted by atomic mass is 32.1. The van der Waals surface area contributed by atoms with Crippen LogP contribution in [0.1, 0.15) is 52.9 Å². The summed E-state index contributed by atoms with van der Waals surface area (Å²) in [5.74, 6) is 0.866. The Morgan fingerprint density at radius 2 is 1.89 bits per heavy atom. The standard InChI is InChI=1S/C15H30N2OS/c1-5-15(2,3)12-6-8-13(9-7-12)17-14(19)16-10-11-18-4/h12-13H,5-11H2,1-4H3,(H2,16,17,19). The SMILES string of the molecule is CCC(C)(C)C1CCC(NC(=S)NCCOC)CC1. The molecule has 2 N–H and O–H groups in total. The smallest absolute Gasteiger partial charge is 0.166 e. The number of ether oxygens (including phenoxy) is 1. The predicted octanol–water partition coefficient (Wildman–Crippen LogP) is 3.09. The van der Waals surface area contributed by atoms with Crippen molar-refractivity contribution in [3.63, 3.8) is 0 Å². The highest BCUT2D eigenvalue weighted by Gasteiger charge is 2.31. The zero-order valence-electron chi connectivity index (χ0n) is 12.9. The Labute approximate surface area is 123 Å². The van der Waals surface area contributed by atoms with Crippen LogP contribution >= 0.6 is 12.2 Å². The third-order valence-corrected chi connectivity index (χ3v) is 4.93. The number of thiocarbonyl (C=S) groups is 1. The largest absolute Gasteiger partial charge is 0.383 e. The summed E-state index contributed by atoms with van der Waals surface area (Å²) in [6, 6.07) is 0.548. The summed E-state index contributed by atoms with van der Waals surface area (Å²) >= 11 is 5.30. The molecule has 0 saturated heterocycles. The van der Waals surface area contributed by atoms with Crippen molar-refractivity contribution >= 4 is 17.3 Å². The van der Waals surface area contributed by atoms with Crippen molar-refractivity contribution < 1.29 is 4.74 Å². The molecule has 0 unspecified atom stereocenters. The Morgan fingerprint density at radius 3 is 2.42 bits per heavy atom. The molecule has 3 nitrogen and oxygen atoms in total. The van der Waals surface area contributed by atoms with Gasteiger partial charge in [-0.1, -0.05) is 27.2 Å². The van der Waals surface area contributed by atoms with Crippen LogP contribution in [0, 0.1) is 11.3 Å². The van der Waals surface area contributed by atoms with Gasteiger partial charge >= 0.3 is 0 Å². The summed E-state index contributed by atoms with van der Waals surface area (Å²) in [5.41, 5.74) is 0.488. The second-order valence-electron chi connectivity index (χ2n) is 6.28. The van der Waals surface area contributed by atoms with Gasteiger partial charge < -0.3 is 15.4 Å².